The summed E-state index contributed by atoms with van der Waals surface area (Å²) in [5, 5.41) is 6.38. The number of para-hydroxylation sites is 1. The molecule has 0 atom stereocenters. The van der Waals surface area contributed by atoms with E-state index in [1.54, 1.807) is 34.0 Å². The summed E-state index contributed by atoms with van der Waals surface area (Å²) in [5.41, 5.74) is 20.4. The quantitative estimate of drug-likeness (QED) is 0.109. The van der Waals surface area contributed by atoms with Crippen LogP contribution in [0.25, 0.3) is 230 Å². The molecule has 112 heavy (non-hydrogen) atoms. The van der Waals surface area contributed by atoms with E-state index >= 15 is 0 Å². The summed E-state index contributed by atoms with van der Waals surface area (Å²) < 4.78 is 13.7. The molecule has 0 fully saturated rings. The van der Waals surface area contributed by atoms with Gasteiger partial charge in [-0.2, -0.15) is 0 Å². The van der Waals surface area contributed by atoms with Gasteiger partial charge in [0.05, 0.1) is 37.4 Å². The van der Waals surface area contributed by atoms with E-state index in [4.69, 9.17) is 54.3 Å². The SMILES string of the molecule is c1ccc(-c2nc(-c3cccc(-c4cc(-c5nc(-c6ccccc6)nc(-c6ccccc6)n5)c5sc6cc(-c7ccc(-c8nc(-c9ccccc9)c9sc%10ccccc%10c9n8)cc7)ccc6c5c4)c3)nc(-c3cccc4c3oc3cccc(-c5ccc(-c6nc(-c7ccccc7)c7sc8ccccc8c7n6)cc5)c34)n2)cc1. The molecule has 0 unspecified atom stereocenters. The second-order valence-electron chi connectivity index (χ2n) is 27.7. The number of aromatic nitrogens is 10. The second kappa shape index (κ2) is 26.8. The second-order valence-corrected chi connectivity index (χ2v) is 30.9. The van der Waals surface area contributed by atoms with Crippen LogP contribution in [-0.4, -0.2) is 49.8 Å². The van der Waals surface area contributed by atoms with E-state index in [1.807, 2.05) is 115 Å². The maximum Gasteiger partial charge on any atom is 0.167 e. The number of hydrogen-bond acceptors (Lipinski definition) is 14. The minimum Gasteiger partial charge on any atom is -0.455 e. The van der Waals surface area contributed by atoms with E-state index in [9.17, 15) is 0 Å². The van der Waals surface area contributed by atoms with Crippen LogP contribution >= 0.6 is 34.0 Å². The van der Waals surface area contributed by atoms with Gasteiger partial charge in [0.25, 0.3) is 0 Å². The van der Waals surface area contributed by atoms with Crippen LogP contribution in [0, 0.1) is 0 Å². The van der Waals surface area contributed by atoms with E-state index in [2.05, 4.69) is 224 Å². The van der Waals surface area contributed by atoms with Crippen molar-refractivity contribution in [3.8, 4) is 147 Å². The Morgan fingerprint density at radius 3 is 1.15 bits per heavy atom. The Hall–Kier alpha value is -14.3. The summed E-state index contributed by atoms with van der Waals surface area (Å²) >= 11 is 5.22. The van der Waals surface area contributed by atoms with Gasteiger partial charge >= 0.3 is 0 Å². The molecule has 0 aliphatic heterocycles. The molecular weight excluding hydrogens is 1430 g/mol. The molecule has 22 aromatic rings. The van der Waals surface area contributed by atoms with E-state index < -0.39 is 0 Å². The van der Waals surface area contributed by atoms with E-state index in [1.165, 1.54) is 9.40 Å². The summed E-state index contributed by atoms with van der Waals surface area (Å²) in [7, 11) is 0. The molecule has 0 aliphatic carbocycles. The van der Waals surface area contributed by atoms with Crippen LogP contribution in [0.1, 0.15) is 0 Å². The lowest BCUT2D eigenvalue weighted by Crippen LogP contribution is -2.01. The Morgan fingerprint density at radius 2 is 0.589 bits per heavy atom. The van der Waals surface area contributed by atoms with Gasteiger partial charge in [0.15, 0.2) is 46.6 Å². The number of fused-ring (bicyclic) bond motifs is 12. The summed E-state index contributed by atoms with van der Waals surface area (Å²) in [5.74, 6) is 4.61. The lowest BCUT2D eigenvalue weighted by Gasteiger charge is -2.12. The van der Waals surface area contributed by atoms with Crippen LogP contribution in [0.3, 0.4) is 0 Å². The van der Waals surface area contributed by atoms with Crippen molar-refractivity contribution in [3.05, 3.63) is 340 Å². The maximum atomic E-state index is 7.00. The van der Waals surface area contributed by atoms with Crippen molar-refractivity contribution in [2.45, 2.75) is 0 Å². The molecule has 0 amide bonds. The highest BCUT2D eigenvalue weighted by atomic mass is 32.1. The molecule has 11 nitrogen and oxygen atoms in total. The standard InChI is InChI=1S/C98H56N10OS3/c1-6-23-59(24-7-1)83-89-85(72-35-16-18-41-79(72)110-89)101-91(99-83)64-47-43-57(44-48-64)67-51-52-71-76-54-69(55-77(88(76)112-81(71)56-67)98-106-93(61-27-10-3-11-28-61)103-94(107-98)62-29-12-4-13-30-62)66-33-20-34-68(53-66)96-104-95(63-31-14-5-15-32-63)105-97(108-96)75-39-21-38-74-82-70(37-22-40-78(82)109-87(74)75)58-45-49-65(50-46-58)92-100-84(60-25-8-2-9-26-60)90-86(102-92)73-36-17-19-42-80(73)111-90/h1-56H. The Labute approximate surface area is 653 Å². The van der Waals surface area contributed by atoms with Gasteiger partial charge in [0.2, 0.25) is 0 Å². The van der Waals surface area contributed by atoms with Crippen LogP contribution in [0.15, 0.2) is 344 Å². The molecule has 14 heteroatoms. The van der Waals surface area contributed by atoms with Crippen molar-refractivity contribution >= 4 is 117 Å². The van der Waals surface area contributed by atoms with Crippen LogP contribution in [0.2, 0.25) is 0 Å². The molecule has 0 saturated carbocycles. The average molecular weight is 1490 g/mol. The fourth-order valence-corrected chi connectivity index (χ4v) is 18.9. The molecule has 0 radical (unpaired) electrons. The summed E-state index contributed by atoms with van der Waals surface area (Å²) in [4.78, 5) is 53.0. The minimum absolute atomic E-state index is 0.480. The van der Waals surface area contributed by atoms with Crippen molar-refractivity contribution < 1.29 is 4.42 Å². The van der Waals surface area contributed by atoms with Gasteiger partial charge in [-0.15, -0.1) is 34.0 Å². The third-order valence-corrected chi connectivity index (χ3v) is 24.4. The highest BCUT2D eigenvalue weighted by molar-refractivity contribution is 7.27. The predicted octanol–water partition coefficient (Wildman–Crippen LogP) is 26.3. The first-order chi connectivity index (χ1) is 55.4. The van der Waals surface area contributed by atoms with Crippen molar-refractivity contribution in [3.63, 3.8) is 0 Å². The number of benzene rings is 14. The Balaban J connectivity index is 0.651. The zero-order chi connectivity index (χ0) is 73.7. The Kier molecular flexibility index (Phi) is 15.5. The van der Waals surface area contributed by atoms with Crippen molar-refractivity contribution in [2.24, 2.45) is 0 Å². The molecular formula is C98H56N10OS3. The molecule has 0 spiro atoms. The molecule has 0 N–H and O–H groups in total. The van der Waals surface area contributed by atoms with Crippen molar-refractivity contribution in [1.29, 1.82) is 0 Å². The fourth-order valence-electron chi connectivity index (χ4n) is 15.4. The van der Waals surface area contributed by atoms with Gasteiger partial charge in [-0.1, -0.05) is 291 Å². The zero-order valence-corrected chi connectivity index (χ0v) is 61.9. The first kappa shape index (κ1) is 64.9. The highest BCUT2D eigenvalue weighted by Gasteiger charge is 2.25. The van der Waals surface area contributed by atoms with Crippen LogP contribution in [-0.2, 0) is 0 Å². The third kappa shape index (κ3) is 11.4. The normalized spacial score (nSPS) is 11.8. The van der Waals surface area contributed by atoms with Gasteiger partial charge in [0.1, 0.15) is 11.2 Å². The predicted molar refractivity (Wildman–Crippen MR) is 461 cm³/mol. The summed E-state index contributed by atoms with van der Waals surface area (Å²) in [6.45, 7) is 0. The average Bonchev–Trinajstić information content (AvgIpc) is 1.50. The van der Waals surface area contributed by atoms with Gasteiger partial charge in [-0.25, -0.2) is 49.8 Å². The molecule has 0 bridgehead atoms. The minimum atomic E-state index is 0.480. The molecule has 14 aromatic carbocycles. The Bertz CT molecular complexity index is 7420. The van der Waals surface area contributed by atoms with E-state index in [0.717, 1.165) is 168 Å². The van der Waals surface area contributed by atoms with Crippen LogP contribution in [0.5, 0.6) is 0 Å². The lowest BCUT2D eigenvalue weighted by atomic mass is 9.96. The third-order valence-electron chi connectivity index (χ3n) is 20.9. The van der Waals surface area contributed by atoms with E-state index in [0.29, 0.717) is 52.2 Å². The Morgan fingerprint density at radius 1 is 0.196 bits per heavy atom. The highest BCUT2D eigenvalue weighted by Crippen LogP contribution is 2.48. The zero-order valence-electron chi connectivity index (χ0n) is 59.4. The number of hydrogen-bond donors (Lipinski definition) is 0. The molecule has 8 heterocycles. The first-order valence-electron chi connectivity index (χ1n) is 36.9. The number of thiophene rings is 3. The van der Waals surface area contributed by atoms with Gasteiger partial charge in [-0.3, -0.25) is 0 Å². The van der Waals surface area contributed by atoms with E-state index in [-0.39, 0.29) is 0 Å². The van der Waals surface area contributed by atoms with Crippen molar-refractivity contribution in [1.82, 2.24) is 49.8 Å². The van der Waals surface area contributed by atoms with Gasteiger partial charge in [0, 0.05) is 101 Å². The largest absolute Gasteiger partial charge is 0.455 e. The number of furan rings is 1. The number of rotatable bonds is 13. The lowest BCUT2D eigenvalue weighted by molar-refractivity contribution is 0.669. The number of nitrogens with zero attached hydrogens (tertiary/aromatic N) is 10. The fraction of sp³-hybridized carbons (Fsp3) is 0. The molecule has 8 aromatic heterocycles. The molecule has 0 aliphatic rings. The van der Waals surface area contributed by atoms with Crippen LogP contribution in [0.4, 0.5) is 0 Å². The summed E-state index contributed by atoms with van der Waals surface area (Å²) in [6, 6.07) is 118. The topological polar surface area (TPSA) is 142 Å². The maximum absolute atomic E-state index is 7.00. The van der Waals surface area contributed by atoms with Gasteiger partial charge < -0.3 is 4.42 Å². The molecule has 522 valence electrons. The smallest absolute Gasteiger partial charge is 0.167 e. The first-order valence-corrected chi connectivity index (χ1v) is 39.4. The summed E-state index contributed by atoms with van der Waals surface area (Å²) in [6.07, 6.45) is 0. The van der Waals surface area contributed by atoms with Crippen molar-refractivity contribution in [2.75, 3.05) is 0 Å². The molecule has 22 rings (SSSR count). The molecule has 0 saturated heterocycles. The van der Waals surface area contributed by atoms with Gasteiger partial charge in [-0.05, 0) is 81.9 Å². The monoisotopic (exact) mass is 1480 g/mol. The van der Waals surface area contributed by atoms with Crippen LogP contribution < -0.4 is 0 Å².